The van der Waals surface area contributed by atoms with E-state index in [0.717, 1.165) is 5.56 Å². The maximum Gasteiger partial charge on any atom is 0.513 e. The Morgan fingerprint density at radius 1 is 0.969 bits per heavy atom. The van der Waals surface area contributed by atoms with Crippen molar-refractivity contribution < 1.29 is 45.5 Å². The molecular weight excluding hydrogens is 460 g/mol. The molecule has 0 aliphatic rings. The first-order valence-electron chi connectivity index (χ1n) is 9.25. The van der Waals surface area contributed by atoms with Crippen LogP contribution in [0.2, 0.25) is 0 Å². The van der Waals surface area contributed by atoms with Gasteiger partial charge in [-0.15, -0.1) is 0 Å². The van der Waals surface area contributed by atoms with E-state index in [1.54, 1.807) is 12.1 Å². The van der Waals surface area contributed by atoms with Gasteiger partial charge in [0.05, 0.1) is 6.42 Å². The Labute approximate surface area is 180 Å². The molecular formula is C20H21F5NO5P. The molecule has 6 nitrogen and oxygen atoms in total. The molecule has 2 N–H and O–H groups in total. The topological polar surface area (TPSA) is 84.9 Å². The van der Waals surface area contributed by atoms with Gasteiger partial charge in [-0.05, 0) is 30.0 Å². The summed E-state index contributed by atoms with van der Waals surface area (Å²) in [7, 11) is -4.89. The number of aliphatic carboxylic acids is 1. The van der Waals surface area contributed by atoms with Crippen LogP contribution in [0.15, 0.2) is 24.3 Å². The van der Waals surface area contributed by atoms with Gasteiger partial charge in [0.25, 0.3) is 0 Å². The first-order chi connectivity index (χ1) is 14.6. The van der Waals surface area contributed by atoms with Crippen LogP contribution in [0.25, 0.3) is 0 Å². The van der Waals surface area contributed by atoms with Gasteiger partial charge in [0.15, 0.2) is 0 Å². The summed E-state index contributed by atoms with van der Waals surface area (Å²) in [6, 6.07) is 4.81. The third-order valence-electron chi connectivity index (χ3n) is 4.19. The molecule has 1 unspecified atom stereocenters. The molecule has 0 saturated heterocycles. The van der Waals surface area contributed by atoms with E-state index in [1.807, 2.05) is 20.8 Å². The number of halogens is 5. The molecule has 0 aliphatic heterocycles. The molecule has 32 heavy (non-hydrogen) atoms. The number of rotatable bonds is 8. The molecule has 0 radical (unpaired) electrons. The minimum Gasteiger partial charge on any atom is -0.481 e. The van der Waals surface area contributed by atoms with E-state index in [4.69, 9.17) is 9.63 Å². The molecule has 2 aromatic carbocycles. The zero-order valence-electron chi connectivity index (χ0n) is 17.5. The van der Waals surface area contributed by atoms with Gasteiger partial charge >= 0.3 is 13.7 Å². The summed E-state index contributed by atoms with van der Waals surface area (Å²) >= 11 is 0. The van der Waals surface area contributed by atoms with E-state index in [-0.39, 0.29) is 11.2 Å². The lowest BCUT2D eigenvalue weighted by Gasteiger charge is -2.24. The van der Waals surface area contributed by atoms with E-state index < -0.39 is 61.0 Å². The Bertz CT molecular complexity index is 1030. The molecule has 0 aromatic heterocycles. The van der Waals surface area contributed by atoms with Crippen LogP contribution in [0.5, 0.6) is 11.5 Å². The Morgan fingerprint density at radius 2 is 1.44 bits per heavy atom. The molecule has 0 spiro atoms. The first kappa shape index (κ1) is 25.6. The van der Waals surface area contributed by atoms with E-state index in [9.17, 15) is 31.3 Å². The summed E-state index contributed by atoms with van der Waals surface area (Å²) in [5.74, 6) is -15.0. The summed E-state index contributed by atoms with van der Waals surface area (Å²) < 4.78 is 91.6. The lowest BCUT2D eigenvalue weighted by molar-refractivity contribution is -0.137. The fourth-order valence-corrected chi connectivity index (χ4v) is 4.16. The maximum atomic E-state index is 14.1. The van der Waals surface area contributed by atoms with Crippen molar-refractivity contribution in [3.05, 3.63) is 58.9 Å². The van der Waals surface area contributed by atoms with Gasteiger partial charge in [-0.3, -0.25) is 4.79 Å². The molecule has 0 heterocycles. The van der Waals surface area contributed by atoms with E-state index >= 15 is 0 Å². The van der Waals surface area contributed by atoms with Gasteiger partial charge in [-0.2, -0.15) is 13.9 Å². The normalized spacial score (nSPS) is 14.5. The quantitative estimate of drug-likeness (QED) is 0.218. The van der Waals surface area contributed by atoms with Crippen LogP contribution in [0.1, 0.15) is 39.7 Å². The number of carboxylic acids is 1. The number of carbonyl (C=O) groups is 1. The average molecular weight is 481 g/mol. The van der Waals surface area contributed by atoms with Crippen LogP contribution in [0.4, 0.5) is 22.0 Å². The van der Waals surface area contributed by atoms with E-state index in [0.29, 0.717) is 0 Å². The van der Waals surface area contributed by atoms with Gasteiger partial charge in [0.2, 0.25) is 34.8 Å². The number of benzene rings is 2. The maximum absolute atomic E-state index is 14.1. The summed E-state index contributed by atoms with van der Waals surface area (Å²) in [6.07, 6.45) is -0.614. The van der Waals surface area contributed by atoms with Gasteiger partial charge in [0, 0.05) is 6.04 Å². The van der Waals surface area contributed by atoms with Crippen molar-refractivity contribution in [3.63, 3.8) is 0 Å². The zero-order valence-corrected chi connectivity index (χ0v) is 18.4. The minimum absolute atomic E-state index is 0.125. The van der Waals surface area contributed by atoms with Crippen LogP contribution in [-0.4, -0.2) is 17.1 Å². The monoisotopic (exact) mass is 481 g/mol. The molecule has 0 aliphatic carbocycles. The van der Waals surface area contributed by atoms with Crippen molar-refractivity contribution in [3.8, 4) is 11.5 Å². The average Bonchev–Trinajstić information content (AvgIpc) is 2.67. The van der Waals surface area contributed by atoms with Crippen molar-refractivity contribution in [2.45, 2.75) is 45.6 Å². The molecule has 0 bridgehead atoms. The highest BCUT2D eigenvalue weighted by atomic mass is 31.2. The second kappa shape index (κ2) is 9.46. The molecule has 12 heteroatoms. The van der Waals surface area contributed by atoms with Gasteiger partial charge in [0.1, 0.15) is 5.75 Å². The molecule has 176 valence electrons. The van der Waals surface area contributed by atoms with Gasteiger partial charge < -0.3 is 14.2 Å². The molecule has 2 aromatic rings. The van der Waals surface area contributed by atoms with Gasteiger partial charge in [-0.25, -0.2) is 17.7 Å². The van der Waals surface area contributed by atoms with Crippen molar-refractivity contribution in [2.75, 3.05) is 0 Å². The van der Waals surface area contributed by atoms with Crippen molar-refractivity contribution in [1.29, 1.82) is 0 Å². The predicted molar refractivity (Wildman–Crippen MR) is 105 cm³/mol. The number of carboxylic acid groups (broad SMARTS) is 1. The molecule has 0 amide bonds. The fourth-order valence-electron chi connectivity index (χ4n) is 2.59. The summed E-state index contributed by atoms with van der Waals surface area (Å²) in [5.41, 5.74) is 0.607. The van der Waals surface area contributed by atoms with Crippen LogP contribution in [0, 0.1) is 29.1 Å². The Balaban J connectivity index is 2.46. The highest BCUT2D eigenvalue weighted by molar-refractivity contribution is 7.52. The van der Waals surface area contributed by atoms with Crippen LogP contribution < -0.4 is 14.1 Å². The molecule has 2 atom stereocenters. The van der Waals surface area contributed by atoms with Crippen molar-refractivity contribution in [2.24, 2.45) is 0 Å². The SMILES string of the molecule is C[C@@H](CC(=O)O)NP(=O)(Oc1ccc(C(C)(C)C)cc1)Oc1c(F)c(F)c(F)c(F)c1F. The summed E-state index contributed by atoms with van der Waals surface area (Å²) in [6.45, 7) is 7.02. The summed E-state index contributed by atoms with van der Waals surface area (Å²) in [4.78, 5) is 10.9. The number of nitrogens with one attached hydrogen (secondary N) is 1. The standard InChI is InChI=1S/C20H21F5NO5P/c1-10(9-13(27)28)26-32(29,30-12-7-5-11(6-8-12)20(2,3)4)31-19-17(24)15(22)14(21)16(23)18(19)25/h5-8,10H,9H2,1-4H3,(H,26,29)(H,27,28)/t10-,32?/m0/s1. The second-order valence-corrected chi connectivity index (χ2v) is 9.60. The smallest absolute Gasteiger partial charge is 0.481 e. The molecule has 0 saturated carbocycles. The largest absolute Gasteiger partial charge is 0.513 e. The summed E-state index contributed by atoms with van der Waals surface area (Å²) in [5, 5.41) is 11.0. The number of hydrogen-bond donors (Lipinski definition) is 2. The number of hydrogen-bond acceptors (Lipinski definition) is 4. The third-order valence-corrected chi connectivity index (χ3v) is 5.82. The minimum atomic E-state index is -4.89. The highest BCUT2D eigenvalue weighted by Gasteiger charge is 2.37. The van der Waals surface area contributed by atoms with Gasteiger partial charge in [-0.1, -0.05) is 32.9 Å². The van der Waals surface area contributed by atoms with Crippen LogP contribution in [-0.2, 0) is 14.8 Å². The highest BCUT2D eigenvalue weighted by Crippen LogP contribution is 2.48. The predicted octanol–water partition coefficient (Wildman–Crippen LogP) is 5.70. The molecule has 2 rings (SSSR count). The third kappa shape index (κ3) is 5.98. The van der Waals surface area contributed by atoms with Crippen LogP contribution >= 0.6 is 7.75 Å². The second-order valence-electron chi connectivity index (χ2n) is 7.98. The van der Waals surface area contributed by atoms with E-state index in [1.165, 1.54) is 19.1 Å². The Hall–Kier alpha value is -2.65. The van der Waals surface area contributed by atoms with E-state index in [2.05, 4.69) is 9.61 Å². The zero-order chi connectivity index (χ0) is 24.4. The fraction of sp³-hybridized carbons (Fsp3) is 0.350. The Kier molecular flexibility index (Phi) is 7.57. The van der Waals surface area contributed by atoms with Crippen molar-refractivity contribution >= 4 is 13.7 Å². The lowest BCUT2D eigenvalue weighted by Crippen LogP contribution is -2.30. The van der Waals surface area contributed by atoms with Crippen molar-refractivity contribution in [1.82, 2.24) is 5.09 Å². The van der Waals surface area contributed by atoms with Crippen LogP contribution in [0.3, 0.4) is 0 Å². The Morgan fingerprint density at radius 3 is 1.88 bits per heavy atom. The first-order valence-corrected chi connectivity index (χ1v) is 10.8. The molecule has 0 fully saturated rings. The lowest BCUT2D eigenvalue weighted by atomic mass is 9.87.